The maximum absolute atomic E-state index is 12.6. The van der Waals surface area contributed by atoms with E-state index in [0.29, 0.717) is 18.9 Å². The first kappa shape index (κ1) is 17.0. The highest BCUT2D eigenvalue weighted by Crippen LogP contribution is 2.21. The third kappa shape index (κ3) is 3.98. The third-order valence-corrected chi connectivity index (χ3v) is 4.00. The Morgan fingerprint density at radius 2 is 2.00 bits per heavy atom. The maximum atomic E-state index is 12.6. The van der Waals surface area contributed by atoms with Crippen molar-refractivity contribution in [3.63, 3.8) is 0 Å². The minimum Gasteiger partial charge on any atom is -0.342 e. The standard InChI is InChI=1S/C15H25ClN2O2/c1-5-11(4)13-15(20)18(8-6-7-16)12(9-10(2)3)14(19)17-13/h6-7,10-13H,5,8-9H2,1-4H3,(H,17,19)/b7-6+. The maximum Gasteiger partial charge on any atom is 0.246 e. The monoisotopic (exact) mass is 300 g/mol. The smallest absolute Gasteiger partial charge is 0.246 e. The van der Waals surface area contributed by atoms with E-state index in [9.17, 15) is 9.59 Å². The van der Waals surface area contributed by atoms with E-state index in [0.717, 1.165) is 6.42 Å². The summed E-state index contributed by atoms with van der Waals surface area (Å²) >= 11 is 5.57. The van der Waals surface area contributed by atoms with Crippen LogP contribution >= 0.6 is 11.6 Å². The van der Waals surface area contributed by atoms with Gasteiger partial charge in [0.25, 0.3) is 0 Å². The highest BCUT2D eigenvalue weighted by atomic mass is 35.5. The van der Waals surface area contributed by atoms with Gasteiger partial charge in [0, 0.05) is 12.1 Å². The summed E-state index contributed by atoms with van der Waals surface area (Å²) in [5.41, 5.74) is 1.39. The zero-order valence-corrected chi connectivity index (χ0v) is 13.5. The Kier molecular flexibility index (Phi) is 6.53. The number of rotatable bonds is 6. The number of carbonyl (C=O) groups is 2. The van der Waals surface area contributed by atoms with E-state index in [4.69, 9.17) is 11.6 Å². The Labute approximate surface area is 126 Å². The van der Waals surface area contributed by atoms with Gasteiger partial charge in [-0.3, -0.25) is 9.59 Å². The number of halogens is 1. The van der Waals surface area contributed by atoms with Crippen molar-refractivity contribution in [2.45, 2.75) is 52.6 Å². The SMILES string of the molecule is CCC(C)C1NC(=O)C(CC(C)C)N(C/C=C/Cl)C1=O. The Hall–Kier alpha value is -1.03. The largest absolute Gasteiger partial charge is 0.342 e. The highest BCUT2D eigenvalue weighted by molar-refractivity contribution is 6.25. The summed E-state index contributed by atoms with van der Waals surface area (Å²) in [7, 11) is 0. The van der Waals surface area contributed by atoms with Gasteiger partial charge in [-0.2, -0.15) is 0 Å². The summed E-state index contributed by atoms with van der Waals surface area (Å²) in [5.74, 6) is 0.432. The lowest BCUT2D eigenvalue weighted by Crippen LogP contribution is -2.65. The molecule has 20 heavy (non-hydrogen) atoms. The average molecular weight is 301 g/mol. The summed E-state index contributed by atoms with van der Waals surface area (Å²) in [4.78, 5) is 26.6. The molecule has 0 saturated carbocycles. The van der Waals surface area contributed by atoms with Gasteiger partial charge >= 0.3 is 0 Å². The summed E-state index contributed by atoms with van der Waals surface area (Å²) in [5, 5.41) is 2.89. The molecule has 0 aromatic heterocycles. The van der Waals surface area contributed by atoms with E-state index < -0.39 is 12.1 Å². The fourth-order valence-electron chi connectivity index (χ4n) is 2.46. The molecule has 5 heteroatoms. The van der Waals surface area contributed by atoms with Gasteiger partial charge in [0.1, 0.15) is 12.1 Å². The molecule has 0 aromatic rings. The van der Waals surface area contributed by atoms with Crippen LogP contribution in [0.15, 0.2) is 11.6 Å². The molecular formula is C15H25ClN2O2. The van der Waals surface area contributed by atoms with E-state index in [-0.39, 0.29) is 17.7 Å². The van der Waals surface area contributed by atoms with Crippen molar-refractivity contribution >= 4 is 23.4 Å². The van der Waals surface area contributed by atoms with Gasteiger partial charge in [-0.25, -0.2) is 0 Å². The van der Waals surface area contributed by atoms with Gasteiger partial charge in [-0.05, 0) is 18.3 Å². The van der Waals surface area contributed by atoms with Crippen LogP contribution in [-0.4, -0.2) is 35.3 Å². The van der Waals surface area contributed by atoms with E-state index in [1.54, 1.807) is 11.0 Å². The van der Waals surface area contributed by atoms with Gasteiger partial charge in [0.05, 0.1) is 0 Å². The molecule has 1 aliphatic heterocycles. The number of nitrogens with one attached hydrogen (secondary N) is 1. The first-order valence-electron chi connectivity index (χ1n) is 7.28. The zero-order valence-electron chi connectivity index (χ0n) is 12.7. The second-order valence-electron chi connectivity index (χ2n) is 5.87. The van der Waals surface area contributed by atoms with Crippen molar-refractivity contribution in [1.82, 2.24) is 10.2 Å². The Morgan fingerprint density at radius 1 is 1.35 bits per heavy atom. The molecule has 0 bridgehead atoms. The van der Waals surface area contributed by atoms with Gasteiger partial charge in [0.2, 0.25) is 11.8 Å². The molecule has 1 rings (SSSR count). The lowest BCUT2D eigenvalue weighted by atomic mass is 9.91. The van der Waals surface area contributed by atoms with E-state index in [1.807, 2.05) is 27.7 Å². The molecule has 114 valence electrons. The first-order chi connectivity index (χ1) is 9.42. The Balaban J connectivity index is 2.97. The number of amides is 2. The van der Waals surface area contributed by atoms with Crippen LogP contribution in [0.2, 0.25) is 0 Å². The molecule has 0 aliphatic carbocycles. The second-order valence-corrected chi connectivity index (χ2v) is 6.12. The molecular weight excluding hydrogens is 276 g/mol. The van der Waals surface area contributed by atoms with Crippen LogP contribution in [0.1, 0.15) is 40.5 Å². The summed E-state index contributed by atoms with van der Waals surface area (Å²) in [6.07, 6.45) is 3.23. The quantitative estimate of drug-likeness (QED) is 0.819. The molecule has 1 aliphatic rings. The van der Waals surface area contributed by atoms with Gasteiger partial charge in [-0.15, -0.1) is 0 Å². The molecule has 0 spiro atoms. The van der Waals surface area contributed by atoms with Gasteiger partial charge in [-0.1, -0.05) is 51.8 Å². The molecule has 4 nitrogen and oxygen atoms in total. The summed E-state index contributed by atoms with van der Waals surface area (Å²) in [6, 6.07) is -0.810. The van der Waals surface area contributed by atoms with Crippen LogP contribution in [0.5, 0.6) is 0 Å². The van der Waals surface area contributed by atoms with Gasteiger partial charge < -0.3 is 10.2 Å². The fraction of sp³-hybridized carbons (Fsp3) is 0.733. The number of hydrogen-bond donors (Lipinski definition) is 1. The van der Waals surface area contributed by atoms with Crippen LogP contribution in [0.3, 0.4) is 0 Å². The molecule has 1 saturated heterocycles. The highest BCUT2D eigenvalue weighted by Gasteiger charge is 2.41. The summed E-state index contributed by atoms with van der Waals surface area (Å²) < 4.78 is 0. The second kappa shape index (κ2) is 7.67. The third-order valence-electron chi connectivity index (χ3n) is 3.82. The van der Waals surface area contributed by atoms with Crippen LogP contribution < -0.4 is 5.32 Å². The zero-order chi connectivity index (χ0) is 15.3. The van der Waals surface area contributed by atoms with Crippen molar-refractivity contribution in [2.75, 3.05) is 6.54 Å². The lowest BCUT2D eigenvalue weighted by molar-refractivity contribution is -0.150. The fourth-order valence-corrected chi connectivity index (χ4v) is 2.54. The van der Waals surface area contributed by atoms with Crippen molar-refractivity contribution in [1.29, 1.82) is 0 Å². The molecule has 1 heterocycles. The first-order valence-corrected chi connectivity index (χ1v) is 7.72. The molecule has 0 radical (unpaired) electrons. The molecule has 3 unspecified atom stereocenters. The van der Waals surface area contributed by atoms with Crippen molar-refractivity contribution in [2.24, 2.45) is 11.8 Å². The number of hydrogen-bond acceptors (Lipinski definition) is 2. The molecule has 1 N–H and O–H groups in total. The van der Waals surface area contributed by atoms with Crippen molar-refractivity contribution < 1.29 is 9.59 Å². The molecule has 2 amide bonds. The van der Waals surface area contributed by atoms with Crippen LogP contribution in [0, 0.1) is 11.8 Å². The lowest BCUT2D eigenvalue weighted by Gasteiger charge is -2.41. The van der Waals surface area contributed by atoms with Crippen LogP contribution in [-0.2, 0) is 9.59 Å². The molecule has 0 aromatic carbocycles. The Morgan fingerprint density at radius 3 is 2.50 bits per heavy atom. The Bertz CT molecular complexity index is 382. The topological polar surface area (TPSA) is 49.4 Å². The summed E-state index contributed by atoms with van der Waals surface area (Å²) in [6.45, 7) is 8.50. The normalized spacial score (nSPS) is 25.4. The average Bonchev–Trinajstić information content (AvgIpc) is 2.40. The van der Waals surface area contributed by atoms with E-state index in [1.165, 1.54) is 5.54 Å². The van der Waals surface area contributed by atoms with Crippen LogP contribution in [0.4, 0.5) is 0 Å². The van der Waals surface area contributed by atoms with Crippen LogP contribution in [0.25, 0.3) is 0 Å². The number of carbonyl (C=O) groups excluding carboxylic acids is 2. The molecule has 1 fully saturated rings. The number of nitrogens with zero attached hydrogens (tertiary/aromatic N) is 1. The van der Waals surface area contributed by atoms with E-state index >= 15 is 0 Å². The predicted molar refractivity (Wildman–Crippen MR) is 81.3 cm³/mol. The van der Waals surface area contributed by atoms with Crippen molar-refractivity contribution in [3.8, 4) is 0 Å². The minimum atomic E-state index is -0.417. The number of piperazine rings is 1. The predicted octanol–water partition coefficient (Wildman–Crippen LogP) is 2.53. The molecule has 3 atom stereocenters. The minimum absolute atomic E-state index is 0.000586. The van der Waals surface area contributed by atoms with Crippen molar-refractivity contribution in [3.05, 3.63) is 11.6 Å². The van der Waals surface area contributed by atoms with E-state index in [2.05, 4.69) is 5.32 Å². The van der Waals surface area contributed by atoms with Gasteiger partial charge in [0.15, 0.2) is 0 Å².